The van der Waals surface area contributed by atoms with Crippen molar-refractivity contribution in [2.24, 2.45) is 11.8 Å². The fraction of sp³-hybridized carbons (Fsp3) is 0.696. The molecule has 6 nitrogen and oxygen atoms in total. The summed E-state index contributed by atoms with van der Waals surface area (Å²) in [5, 5.41) is 5.97. The molecule has 2 N–H and O–H groups in total. The van der Waals surface area contributed by atoms with Gasteiger partial charge in [0.05, 0.1) is 0 Å². The molecule has 0 saturated carbocycles. The Bertz CT molecular complexity index is 704. The SMILES string of the molecule is CC(C)NC(=O)NCC1CC2CCN1CC2CN1CCN(c2ccc(F)cc2)CC1. The van der Waals surface area contributed by atoms with Gasteiger partial charge < -0.3 is 15.5 Å². The largest absolute Gasteiger partial charge is 0.369 e. The van der Waals surface area contributed by atoms with Crippen LogP contribution in [0.2, 0.25) is 0 Å². The van der Waals surface area contributed by atoms with Gasteiger partial charge in [0.15, 0.2) is 0 Å². The van der Waals surface area contributed by atoms with Gasteiger partial charge >= 0.3 is 6.03 Å². The molecule has 4 heterocycles. The molecule has 2 bridgehead atoms. The number of fused-ring (bicyclic) bond motifs is 3. The van der Waals surface area contributed by atoms with Crippen molar-refractivity contribution in [3.05, 3.63) is 30.1 Å². The monoisotopic (exact) mass is 417 g/mol. The fourth-order valence-corrected chi connectivity index (χ4v) is 5.36. The second kappa shape index (κ2) is 9.52. The van der Waals surface area contributed by atoms with Crippen molar-refractivity contribution < 1.29 is 9.18 Å². The van der Waals surface area contributed by atoms with Gasteiger partial charge in [-0.25, -0.2) is 9.18 Å². The van der Waals surface area contributed by atoms with E-state index in [-0.39, 0.29) is 17.9 Å². The van der Waals surface area contributed by atoms with Gasteiger partial charge in [-0.3, -0.25) is 9.80 Å². The number of nitrogens with zero attached hydrogens (tertiary/aromatic N) is 3. The predicted molar refractivity (Wildman–Crippen MR) is 118 cm³/mol. The lowest BCUT2D eigenvalue weighted by Crippen LogP contribution is -2.59. The van der Waals surface area contributed by atoms with Crippen molar-refractivity contribution >= 4 is 11.7 Å². The number of piperazine rings is 1. The van der Waals surface area contributed by atoms with Crippen LogP contribution in [0.25, 0.3) is 0 Å². The molecule has 30 heavy (non-hydrogen) atoms. The van der Waals surface area contributed by atoms with Crippen LogP contribution >= 0.6 is 0 Å². The number of hydrogen-bond acceptors (Lipinski definition) is 4. The number of carbonyl (C=O) groups excluding carboxylic acids is 1. The molecule has 0 aliphatic carbocycles. The third-order valence-electron chi connectivity index (χ3n) is 6.99. The number of anilines is 1. The number of hydrogen-bond donors (Lipinski definition) is 2. The Morgan fingerprint density at radius 2 is 1.87 bits per heavy atom. The Kier molecular flexibility index (Phi) is 6.78. The van der Waals surface area contributed by atoms with E-state index in [2.05, 4.69) is 25.3 Å². The number of urea groups is 1. The lowest BCUT2D eigenvalue weighted by Gasteiger charge is -2.51. The van der Waals surface area contributed by atoms with Crippen LogP contribution in [0.5, 0.6) is 0 Å². The third kappa shape index (κ3) is 5.24. The Morgan fingerprint density at radius 1 is 1.13 bits per heavy atom. The van der Waals surface area contributed by atoms with Gasteiger partial charge in [-0.05, 0) is 69.3 Å². The minimum Gasteiger partial charge on any atom is -0.369 e. The molecule has 4 fully saturated rings. The average Bonchev–Trinajstić information content (AvgIpc) is 2.74. The van der Waals surface area contributed by atoms with Crippen LogP contribution in [0.4, 0.5) is 14.9 Å². The number of benzene rings is 1. The summed E-state index contributed by atoms with van der Waals surface area (Å²) < 4.78 is 13.2. The van der Waals surface area contributed by atoms with Crippen LogP contribution in [0.15, 0.2) is 24.3 Å². The zero-order valence-electron chi connectivity index (χ0n) is 18.3. The molecule has 0 aromatic heterocycles. The third-order valence-corrected chi connectivity index (χ3v) is 6.99. The van der Waals surface area contributed by atoms with Crippen molar-refractivity contribution in [2.45, 2.75) is 38.8 Å². The van der Waals surface area contributed by atoms with Crippen molar-refractivity contribution in [3.63, 3.8) is 0 Å². The molecule has 166 valence electrons. The Labute approximate surface area is 179 Å². The van der Waals surface area contributed by atoms with E-state index in [0.717, 1.165) is 63.3 Å². The standard InChI is InChI=1S/C23H36FN5O/c1-17(2)26-23(30)25-14-22-13-18-7-8-29(22)16-19(18)15-27-9-11-28(12-10-27)21-5-3-20(24)4-6-21/h3-6,17-19,22H,7-16H2,1-2H3,(H2,25,26,30). The first-order valence-corrected chi connectivity index (χ1v) is 11.5. The topological polar surface area (TPSA) is 50.9 Å². The number of piperidine rings is 3. The van der Waals surface area contributed by atoms with Gasteiger partial charge in [0.25, 0.3) is 0 Å². The summed E-state index contributed by atoms with van der Waals surface area (Å²) in [7, 11) is 0. The van der Waals surface area contributed by atoms with E-state index >= 15 is 0 Å². The minimum atomic E-state index is -0.172. The van der Waals surface area contributed by atoms with E-state index in [4.69, 9.17) is 0 Å². The van der Waals surface area contributed by atoms with Gasteiger partial charge in [0, 0.05) is 63.6 Å². The van der Waals surface area contributed by atoms with Crippen LogP contribution in [0.1, 0.15) is 26.7 Å². The molecule has 4 aliphatic rings. The molecule has 5 rings (SSSR count). The van der Waals surface area contributed by atoms with Gasteiger partial charge in [-0.15, -0.1) is 0 Å². The van der Waals surface area contributed by atoms with Gasteiger partial charge in [0.1, 0.15) is 5.82 Å². The van der Waals surface area contributed by atoms with Crippen LogP contribution in [0.3, 0.4) is 0 Å². The van der Waals surface area contributed by atoms with Crippen molar-refractivity contribution in [1.29, 1.82) is 0 Å². The van der Waals surface area contributed by atoms with E-state index in [0.29, 0.717) is 6.04 Å². The highest BCUT2D eigenvalue weighted by Gasteiger charge is 2.40. The first-order valence-electron chi connectivity index (χ1n) is 11.5. The van der Waals surface area contributed by atoms with Crippen LogP contribution in [-0.4, -0.2) is 80.3 Å². The predicted octanol–water partition coefficient (Wildman–Crippen LogP) is 2.37. The summed E-state index contributed by atoms with van der Waals surface area (Å²) in [6, 6.07) is 7.46. The Hall–Kier alpha value is -1.86. The van der Waals surface area contributed by atoms with E-state index in [1.54, 1.807) is 12.1 Å². The normalized spacial score (nSPS) is 29.3. The first-order chi connectivity index (χ1) is 14.5. The van der Waals surface area contributed by atoms with Gasteiger partial charge in [-0.1, -0.05) is 0 Å². The summed E-state index contributed by atoms with van der Waals surface area (Å²) in [4.78, 5) is 19.5. The molecule has 7 heteroatoms. The second-order valence-electron chi connectivity index (χ2n) is 9.47. The quantitative estimate of drug-likeness (QED) is 0.746. The number of carbonyl (C=O) groups is 1. The van der Waals surface area contributed by atoms with E-state index in [9.17, 15) is 9.18 Å². The second-order valence-corrected chi connectivity index (χ2v) is 9.47. The molecule has 4 aliphatic heterocycles. The van der Waals surface area contributed by atoms with Crippen LogP contribution in [-0.2, 0) is 0 Å². The summed E-state index contributed by atoms with van der Waals surface area (Å²) in [5.74, 6) is 1.33. The lowest BCUT2D eigenvalue weighted by atomic mass is 9.75. The van der Waals surface area contributed by atoms with E-state index in [1.165, 1.54) is 19.4 Å². The average molecular weight is 418 g/mol. The molecular formula is C23H36FN5O. The zero-order valence-corrected chi connectivity index (χ0v) is 18.3. The van der Waals surface area contributed by atoms with E-state index in [1.807, 2.05) is 26.0 Å². The number of rotatable bonds is 6. The highest BCUT2D eigenvalue weighted by atomic mass is 19.1. The first kappa shape index (κ1) is 21.4. The smallest absolute Gasteiger partial charge is 0.315 e. The molecule has 2 amide bonds. The number of halogens is 1. The maximum Gasteiger partial charge on any atom is 0.315 e. The molecule has 0 spiro atoms. The molecule has 1 aromatic rings. The van der Waals surface area contributed by atoms with Crippen molar-refractivity contribution in [2.75, 3.05) is 57.3 Å². The number of amides is 2. The minimum absolute atomic E-state index is 0.0526. The Balaban J connectivity index is 1.22. The zero-order chi connectivity index (χ0) is 21.1. The molecule has 4 unspecified atom stereocenters. The molecule has 0 radical (unpaired) electrons. The maximum atomic E-state index is 13.2. The maximum absolute atomic E-state index is 13.2. The van der Waals surface area contributed by atoms with E-state index < -0.39 is 0 Å². The summed E-state index contributed by atoms with van der Waals surface area (Å²) in [6.07, 6.45) is 2.48. The van der Waals surface area contributed by atoms with Crippen molar-refractivity contribution in [1.82, 2.24) is 20.4 Å². The summed E-state index contributed by atoms with van der Waals surface area (Å²) in [5.41, 5.74) is 1.12. The summed E-state index contributed by atoms with van der Waals surface area (Å²) in [6.45, 7) is 12.4. The fourth-order valence-electron chi connectivity index (χ4n) is 5.36. The van der Waals surface area contributed by atoms with Gasteiger partial charge in [0.2, 0.25) is 0 Å². The highest BCUT2D eigenvalue weighted by molar-refractivity contribution is 5.74. The number of nitrogens with one attached hydrogen (secondary N) is 2. The molecular weight excluding hydrogens is 381 g/mol. The van der Waals surface area contributed by atoms with Gasteiger partial charge in [-0.2, -0.15) is 0 Å². The van der Waals surface area contributed by atoms with Crippen LogP contribution < -0.4 is 15.5 Å². The molecule has 1 aromatic carbocycles. The van der Waals surface area contributed by atoms with Crippen molar-refractivity contribution in [3.8, 4) is 0 Å². The lowest BCUT2D eigenvalue weighted by molar-refractivity contribution is -0.0115. The molecule has 4 saturated heterocycles. The highest BCUT2D eigenvalue weighted by Crippen LogP contribution is 2.36. The summed E-state index contributed by atoms with van der Waals surface area (Å²) >= 11 is 0. The Morgan fingerprint density at radius 3 is 2.50 bits per heavy atom. The molecule has 4 atom stereocenters. The van der Waals surface area contributed by atoms with Crippen LogP contribution in [0, 0.1) is 17.7 Å².